The van der Waals surface area contributed by atoms with Gasteiger partial charge in [-0.2, -0.15) is 9.61 Å². The summed E-state index contributed by atoms with van der Waals surface area (Å²) in [5.41, 5.74) is 2.68. The Bertz CT molecular complexity index is 1070. The number of carbonyl (C=O) groups excluding carboxylic acids is 1. The van der Waals surface area contributed by atoms with Crippen molar-refractivity contribution in [3.05, 3.63) is 65.7 Å². The molecular formula is C17H15N7O. The Morgan fingerprint density at radius 3 is 2.64 bits per heavy atom. The van der Waals surface area contributed by atoms with E-state index < -0.39 is 0 Å². The normalized spacial score (nSPS) is 11.0. The zero-order valence-corrected chi connectivity index (χ0v) is 13.7. The summed E-state index contributed by atoms with van der Waals surface area (Å²) in [7, 11) is 0. The number of hydrogen-bond donors (Lipinski definition) is 1. The molecule has 0 atom stereocenters. The molecule has 1 amide bonds. The van der Waals surface area contributed by atoms with Crippen molar-refractivity contribution >= 4 is 17.2 Å². The zero-order chi connectivity index (χ0) is 17.4. The first-order valence-electron chi connectivity index (χ1n) is 7.74. The Kier molecular flexibility index (Phi) is 3.50. The van der Waals surface area contributed by atoms with E-state index in [2.05, 4.69) is 25.7 Å². The van der Waals surface area contributed by atoms with Crippen LogP contribution < -0.4 is 5.32 Å². The Hall–Kier alpha value is -3.55. The Balaban J connectivity index is 1.66. The molecule has 3 heterocycles. The Morgan fingerprint density at radius 2 is 1.84 bits per heavy atom. The first-order valence-corrected chi connectivity index (χ1v) is 7.74. The number of nitrogens with zero attached hydrogens (tertiary/aromatic N) is 6. The highest BCUT2D eigenvalue weighted by atomic mass is 16.1. The fourth-order valence-electron chi connectivity index (χ4n) is 2.55. The molecule has 4 aromatic rings. The van der Waals surface area contributed by atoms with Crippen molar-refractivity contribution in [1.82, 2.24) is 29.6 Å². The van der Waals surface area contributed by atoms with Crippen molar-refractivity contribution in [1.29, 1.82) is 0 Å². The van der Waals surface area contributed by atoms with Crippen LogP contribution in [-0.4, -0.2) is 35.5 Å². The lowest BCUT2D eigenvalue weighted by Crippen LogP contribution is -2.12. The molecule has 0 aliphatic heterocycles. The summed E-state index contributed by atoms with van der Waals surface area (Å²) < 4.78 is 3.32. The van der Waals surface area contributed by atoms with Gasteiger partial charge in [0, 0.05) is 5.56 Å². The maximum atomic E-state index is 12.3. The van der Waals surface area contributed by atoms with Crippen LogP contribution in [0.2, 0.25) is 0 Å². The standard InChI is InChI=1S/C17H15N7O/c1-11-14(19-17(25)13-6-4-3-5-7-13)10-18-23(11)16-9-8-15-21-20-12(2)24(15)22-16/h3-10H,1-2H3,(H,19,25). The molecule has 0 saturated carbocycles. The van der Waals surface area contributed by atoms with Crippen molar-refractivity contribution in [3.8, 4) is 5.82 Å². The van der Waals surface area contributed by atoms with E-state index in [-0.39, 0.29) is 5.91 Å². The van der Waals surface area contributed by atoms with Gasteiger partial charge in [0.05, 0.1) is 17.6 Å². The van der Waals surface area contributed by atoms with Gasteiger partial charge in [0.1, 0.15) is 0 Å². The monoisotopic (exact) mass is 333 g/mol. The second-order valence-electron chi connectivity index (χ2n) is 5.58. The number of aromatic nitrogens is 6. The molecular weight excluding hydrogens is 318 g/mol. The van der Waals surface area contributed by atoms with E-state index in [0.717, 1.165) is 5.69 Å². The molecule has 3 aromatic heterocycles. The van der Waals surface area contributed by atoms with Crippen molar-refractivity contribution in [2.24, 2.45) is 0 Å². The van der Waals surface area contributed by atoms with Crippen LogP contribution in [0.4, 0.5) is 5.69 Å². The van der Waals surface area contributed by atoms with E-state index in [0.29, 0.717) is 28.5 Å². The molecule has 0 bridgehead atoms. The van der Waals surface area contributed by atoms with Crippen LogP contribution in [0.1, 0.15) is 21.9 Å². The van der Waals surface area contributed by atoms with Gasteiger partial charge in [0.15, 0.2) is 17.3 Å². The van der Waals surface area contributed by atoms with Crippen LogP contribution in [0, 0.1) is 13.8 Å². The van der Waals surface area contributed by atoms with Gasteiger partial charge in [-0.1, -0.05) is 18.2 Å². The van der Waals surface area contributed by atoms with Gasteiger partial charge in [-0.25, -0.2) is 4.68 Å². The van der Waals surface area contributed by atoms with Crippen LogP contribution in [0.3, 0.4) is 0 Å². The summed E-state index contributed by atoms with van der Waals surface area (Å²) in [5.74, 6) is 1.13. The van der Waals surface area contributed by atoms with Crippen LogP contribution in [0.5, 0.6) is 0 Å². The Morgan fingerprint density at radius 1 is 1.04 bits per heavy atom. The van der Waals surface area contributed by atoms with E-state index in [1.807, 2.05) is 44.2 Å². The smallest absolute Gasteiger partial charge is 0.255 e. The van der Waals surface area contributed by atoms with Gasteiger partial charge in [-0.15, -0.1) is 15.3 Å². The van der Waals surface area contributed by atoms with Gasteiger partial charge in [0.25, 0.3) is 5.91 Å². The first-order chi connectivity index (χ1) is 12.1. The van der Waals surface area contributed by atoms with E-state index in [1.165, 1.54) is 0 Å². The fourth-order valence-corrected chi connectivity index (χ4v) is 2.55. The number of nitrogens with one attached hydrogen (secondary N) is 1. The van der Waals surface area contributed by atoms with Crippen molar-refractivity contribution in [2.75, 3.05) is 5.32 Å². The topological polar surface area (TPSA) is 90.0 Å². The molecule has 0 radical (unpaired) electrons. The highest BCUT2D eigenvalue weighted by Crippen LogP contribution is 2.18. The first kappa shape index (κ1) is 15.0. The number of hydrogen-bond acceptors (Lipinski definition) is 5. The number of aryl methyl sites for hydroxylation is 1. The number of benzene rings is 1. The maximum absolute atomic E-state index is 12.3. The summed E-state index contributed by atoms with van der Waals surface area (Å²) >= 11 is 0. The number of anilines is 1. The number of rotatable bonds is 3. The molecule has 0 unspecified atom stereocenters. The minimum absolute atomic E-state index is 0.179. The van der Waals surface area contributed by atoms with Crippen molar-refractivity contribution in [2.45, 2.75) is 13.8 Å². The molecule has 124 valence electrons. The summed E-state index contributed by atoms with van der Waals surface area (Å²) in [4.78, 5) is 12.3. The largest absolute Gasteiger partial charge is 0.319 e. The third kappa shape index (κ3) is 2.63. The van der Waals surface area contributed by atoms with Crippen LogP contribution in [0.25, 0.3) is 11.5 Å². The minimum atomic E-state index is -0.179. The minimum Gasteiger partial charge on any atom is -0.319 e. The SMILES string of the molecule is Cc1c(NC(=O)c2ccccc2)cnn1-c1ccc2nnc(C)n2n1. The molecule has 1 aromatic carbocycles. The zero-order valence-electron chi connectivity index (χ0n) is 13.7. The number of amides is 1. The average molecular weight is 333 g/mol. The lowest BCUT2D eigenvalue weighted by molar-refractivity contribution is 0.102. The van der Waals surface area contributed by atoms with E-state index in [1.54, 1.807) is 27.5 Å². The second-order valence-corrected chi connectivity index (χ2v) is 5.58. The van der Waals surface area contributed by atoms with Gasteiger partial charge in [0.2, 0.25) is 0 Å². The van der Waals surface area contributed by atoms with Gasteiger partial charge in [-0.3, -0.25) is 4.79 Å². The number of carbonyl (C=O) groups is 1. The predicted molar refractivity (Wildman–Crippen MR) is 91.8 cm³/mol. The summed E-state index contributed by atoms with van der Waals surface area (Å²) in [6.07, 6.45) is 1.61. The van der Waals surface area contributed by atoms with Crippen LogP contribution in [0.15, 0.2) is 48.7 Å². The van der Waals surface area contributed by atoms with Gasteiger partial charge >= 0.3 is 0 Å². The molecule has 0 spiro atoms. The lowest BCUT2D eigenvalue weighted by Gasteiger charge is -2.06. The molecule has 8 nitrogen and oxygen atoms in total. The van der Waals surface area contributed by atoms with E-state index in [4.69, 9.17) is 0 Å². The van der Waals surface area contributed by atoms with E-state index >= 15 is 0 Å². The lowest BCUT2D eigenvalue weighted by atomic mass is 10.2. The molecule has 8 heteroatoms. The highest BCUT2D eigenvalue weighted by molar-refractivity contribution is 6.04. The van der Waals surface area contributed by atoms with Crippen molar-refractivity contribution in [3.63, 3.8) is 0 Å². The third-order valence-electron chi connectivity index (χ3n) is 3.92. The van der Waals surface area contributed by atoms with E-state index in [9.17, 15) is 4.79 Å². The summed E-state index contributed by atoms with van der Waals surface area (Å²) in [5, 5.41) is 19.7. The fraction of sp³-hybridized carbons (Fsp3) is 0.118. The number of fused-ring (bicyclic) bond motifs is 1. The molecule has 0 aliphatic rings. The molecule has 0 fully saturated rings. The summed E-state index contributed by atoms with van der Waals surface area (Å²) in [6.45, 7) is 3.71. The van der Waals surface area contributed by atoms with Gasteiger partial charge < -0.3 is 5.32 Å². The van der Waals surface area contributed by atoms with Crippen molar-refractivity contribution < 1.29 is 4.79 Å². The second kappa shape index (κ2) is 5.82. The molecule has 1 N–H and O–H groups in total. The molecule has 0 aliphatic carbocycles. The summed E-state index contributed by atoms with van der Waals surface area (Å²) in [6, 6.07) is 12.7. The molecule has 25 heavy (non-hydrogen) atoms. The molecule has 0 saturated heterocycles. The molecule has 4 rings (SSSR count). The highest BCUT2D eigenvalue weighted by Gasteiger charge is 2.14. The van der Waals surface area contributed by atoms with Gasteiger partial charge in [-0.05, 0) is 38.1 Å². The maximum Gasteiger partial charge on any atom is 0.255 e. The third-order valence-corrected chi connectivity index (χ3v) is 3.92. The van der Waals surface area contributed by atoms with Crippen LogP contribution in [-0.2, 0) is 0 Å². The van der Waals surface area contributed by atoms with Crippen LogP contribution >= 0.6 is 0 Å². The average Bonchev–Trinajstić information content (AvgIpc) is 3.19. The quantitative estimate of drug-likeness (QED) is 0.620. The Labute approximate surface area is 143 Å². The predicted octanol–water partition coefficient (Wildman–Crippen LogP) is 2.18.